The highest BCUT2D eigenvalue weighted by atomic mass is 19.1. The van der Waals surface area contributed by atoms with Gasteiger partial charge in [0.05, 0.1) is 0 Å². The van der Waals surface area contributed by atoms with Crippen LogP contribution in [0.5, 0.6) is 0 Å². The molecule has 0 bridgehead atoms. The minimum Gasteiger partial charge on any atom is -0.396 e. The number of likely N-dealkylation sites (tertiary alicyclic amines) is 1. The van der Waals surface area contributed by atoms with Crippen LogP contribution in [-0.2, 0) is 6.54 Å². The lowest BCUT2D eigenvalue weighted by atomic mass is 9.98. The summed E-state index contributed by atoms with van der Waals surface area (Å²) in [6, 6.07) is 16.3. The van der Waals surface area contributed by atoms with Crippen LogP contribution < -0.4 is 0 Å². The average Bonchev–Trinajstić information content (AvgIpc) is 3.14. The van der Waals surface area contributed by atoms with Crippen molar-refractivity contribution in [1.29, 1.82) is 0 Å². The molecule has 5 heteroatoms. The fourth-order valence-corrected chi connectivity index (χ4v) is 3.81. The smallest absolute Gasteiger partial charge is 0.270 e. The van der Waals surface area contributed by atoms with Crippen LogP contribution in [0.2, 0.25) is 0 Å². The van der Waals surface area contributed by atoms with Crippen LogP contribution in [0.15, 0.2) is 54.6 Å². The molecule has 0 atom stereocenters. The van der Waals surface area contributed by atoms with Gasteiger partial charge in [-0.15, -0.1) is 0 Å². The Morgan fingerprint density at radius 2 is 1.72 bits per heavy atom. The zero-order valence-electron chi connectivity index (χ0n) is 17.1. The number of rotatable bonds is 4. The van der Waals surface area contributed by atoms with Crippen molar-refractivity contribution in [2.75, 3.05) is 19.7 Å². The highest BCUT2D eigenvalue weighted by Gasteiger charge is 2.26. The Labute approximate surface area is 171 Å². The van der Waals surface area contributed by atoms with Gasteiger partial charge < -0.3 is 14.6 Å². The maximum atomic E-state index is 13.2. The van der Waals surface area contributed by atoms with E-state index in [2.05, 4.69) is 0 Å². The average molecular weight is 397 g/mol. The SMILES string of the molecule is CC.O=C(c1cc2ccccc2n1Cc1ccc(F)cc1)N1CCC(CO)CC1. The predicted molar refractivity (Wildman–Crippen MR) is 115 cm³/mol. The van der Waals surface area contributed by atoms with Gasteiger partial charge in [-0.1, -0.05) is 44.2 Å². The molecular weight excluding hydrogens is 367 g/mol. The Hall–Kier alpha value is -2.66. The first-order chi connectivity index (χ1) is 14.2. The summed E-state index contributed by atoms with van der Waals surface area (Å²) in [5.41, 5.74) is 2.60. The van der Waals surface area contributed by atoms with Crippen molar-refractivity contribution in [2.24, 2.45) is 5.92 Å². The number of carbonyl (C=O) groups excluding carboxylic acids is 1. The van der Waals surface area contributed by atoms with Gasteiger partial charge in [-0.2, -0.15) is 0 Å². The molecule has 154 valence electrons. The van der Waals surface area contributed by atoms with Gasteiger partial charge in [0.15, 0.2) is 0 Å². The van der Waals surface area contributed by atoms with E-state index in [-0.39, 0.29) is 18.3 Å². The maximum absolute atomic E-state index is 13.2. The van der Waals surface area contributed by atoms with Crippen molar-refractivity contribution in [1.82, 2.24) is 9.47 Å². The lowest BCUT2D eigenvalue weighted by molar-refractivity contribution is 0.0641. The first-order valence-corrected chi connectivity index (χ1v) is 10.4. The molecule has 0 unspecified atom stereocenters. The quantitative estimate of drug-likeness (QED) is 0.695. The molecule has 1 saturated heterocycles. The third-order valence-electron chi connectivity index (χ3n) is 5.44. The number of carbonyl (C=O) groups is 1. The Bertz CT molecular complexity index is 941. The van der Waals surface area contributed by atoms with Gasteiger partial charge >= 0.3 is 0 Å². The van der Waals surface area contributed by atoms with Crippen molar-refractivity contribution in [3.8, 4) is 0 Å². The lowest BCUT2D eigenvalue weighted by Gasteiger charge is -2.31. The van der Waals surface area contributed by atoms with Crippen molar-refractivity contribution >= 4 is 16.8 Å². The Morgan fingerprint density at radius 1 is 1.07 bits per heavy atom. The number of benzene rings is 2. The number of aromatic nitrogens is 1. The van der Waals surface area contributed by atoms with Crippen molar-refractivity contribution in [3.05, 3.63) is 71.7 Å². The molecule has 1 fully saturated rings. The largest absolute Gasteiger partial charge is 0.396 e. The summed E-state index contributed by atoms with van der Waals surface area (Å²) in [6.45, 7) is 6.04. The van der Waals surface area contributed by atoms with Crippen LogP contribution in [0.25, 0.3) is 10.9 Å². The molecule has 4 nitrogen and oxygen atoms in total. The molecule has 2 aromatic carbocycles. The number of amides is 1. The van der Waals surface area contributed by atoms with Crippen LogP contribution in [0.1, 0.15) is 42.7 Å². The fraction of sp³-hybridized carbons (Fsp3) is 0.375. The van der Waals surface area contributed by atoms with Gasteiger partial charge in [0.1, 0.15) is 11.5 Å². The summed E-state index contributed by atoms with van der Waals surface area (Å²) in [6.07, 6.45) is 1.67. The molecule has 4 rings (SSSR count). The summed E-state index contributed by atoms with van der Waals surface area (Å²) >= 11 is 0. The summed E-state index contributed by atoms with van der Waals surface area (Å²) in [5.74, 6) is 0.0444. The highest BCUT2D eigenvalue weighted by molar-refractivity contribution is 5.98. The van der Waals surface area contributed by atoms with Gasteiger partial charge in [-0.05, 0) is 48.6 Å². The number of aliphatic hydroxyl groups excluding tert-OH is 1. The summed E-state index contributed by atoms with van der Waals surface area (Å²) in [7, 11) is 0. The van der Waals surface area contributed by atoms with Gasteiger partial charge in [0, 0.05) is 37.1 Å². The number of piperidine rings is 1. The van der Waals surface area contributed by atoms with Crippen LogP contribution in [0.4, 0.5) is 4.39 Å². The molecule has 29 heavy (non-hydrogen) atoms. The van der Waals surface area contributed by atoms with Crippen LogP contribution in [0, 0.1) is 11.7 Å². The molecule has 1 aromatic heterocycles. The third kappa shape index (κ3) is 4.67. The van der Waals surface area contributed by atoms with Gasteiger partial charge in [-0.25, -0.2) is 4.39 Å². The summed E-state index contributed by atoms with van der Waals surface area (Å²) in [4.78, 5) is 15.1. The van der Waals surface area contributed by atoms with E-state index in [0.29, 0.717) is 31.2 Å². The van der Waals surface area contributed by atoms with E-state index < -0.39 is 0 Å². The standard InChI is InChI=1S/C22H23FN2O2.C2H6/c23-19-7-5-16(6-8-19)14-25-20-4-2-1-3-18(20)13-21(25)22(27)24-11-9-17(15-26)10-12-24;1-2/h1-8,13,17,26H,9-12,14-15H2;1-2H3. The second kappa shape index (κ2) is 9.70. The molecule has 2 heterocycles. The van der Waals surface area contributed by atoms with E-state index in [0.717, 1.165) is 29.3 Å². The summed E-state index contributed by atoms with van der Waals surface area (Å²) < 4.78 is 15.3. The molecular formula is C24H29FN2O2. The fourth-order valence-electron chi connectivity index (χ4n) is 3.81. The molecule has 3 aromatic rings. The van der Waals surface area contributed by atoms with Crippen LogP contribution in [0.3, 0.4) is 0 Å². The Kier molecular flexibility index (Phi) is 7.04. The number of halogens is 1. The lowest BCUT2D eigenvalue weighted by Crippen LogP contribution is -2.40. The second-order valence-corrected chi connectivity index (χ2v) is 7.22. The van der Waals surface area contributed by atoms with E-state index in [4.69, 9.17) is 0 Å². The summed E-state index contributed by atoms with van der Waals surface area (Å²) in [5, 5.41) is 10.3. The van der Waals surface area contributed by atoms with Crippen molar-refractivity contribution in [3.63, 3.8) is 0 Å². The number of hydrogen-bond acceptors (Lipinski definition) is 2. The first-order valence-electron chi connectivity index (χ1n) is 10.4. The van der Waals surface area contributed by atoms with Gasteiger partial charge in [0.25, 0.3) is 5.91 Å². The Balaban J connectivity index is 0.00000117. The molecule has 1 aliphatic rings. The monoisotopic (exact) mass is 396 g/mol. The molecule has 1 N–H and O–H groups in total. The molecule has 1 aliphatic heterocycles. The van der Waals surface area contributed by atoms with Crippen molar-refractivity contribution < 1.29 is 14.3 Å². The normalized spacial score (nSPS) is 14.6. The highest BCUT2D eigenvalue weighted by Crippen LogP contribution is 2.25. The van der Waals surface area contributed by atoms with E-state index in [1.807, 2.05) is 53.6 Å². The third-order valence-corrected chi connectivity index (χ3v) is 5.44. The minimum absolute atomic E-state index is 0.0182. The number of para-hydroxylation sites is 1. The topological polar surface area (TPSA) is 45.5 Å². The molecule has 0 saturated carbocycles. The van der Waals surface area contributed by atoms with E-state index in [1.165, 1.54) is 12.1 Å². The van der Waals surface area contributed by atoms with E-state index in [9.17, 15) is 14.3 Å². The van der Waals surface area contributed by atoms with Gasteiger partial charge in [0.2, 0.25) is 0 Å². The first kappa shape index (κ1) is 21.1. The van der Waals surface area contributed by atoms with Crippen molar-refractivity contribution in [2.45, 2.75) is 33.2 Å². The maximum Gasteiger partial charge on any atom is 0.270 e. The Morgan fingerprint density at radius 3 is 2.38 bits per heavy atom. The number of aliphatic hydroxyl groups is 1. The molecule has 0 aliphatic carbocycles. The number of fused-ring (bicyclic) bond motifs is 1. The molecule has 0 spiro atoms. The molecule has 0 radical (unpaired) electrons. The van der Waals surface area contributed by atoms with Crippen LogP contribution >= 0.6 is 0 Å². The second-order valence-electron chi connectivity index (χ2n) is 7.22. The molecule has 1 amide bonds. The zero-order chi connectivity index (χ0) is 20.8. The van der Waals surface area contributed by atoms with Gasteiger partial charge in [-0.3, -0.25) is 4.79 Å². The zero-order valence-corrected chi connectivity index (χ0v) is 17.1. The van der Waals surface area contributed by atoms with Crippen LogP contribution in [-0.4, -0.2) is 40.2 Å². The number of nitrogens with zero attached hydrogens (tertiary/aromatic N) is 2. The minimum atomic E-state index is -0.265. The number of hydrogen-bond donors (Lipinski definition) is 1. The van der Waals surface area contributed by atoms with E-state index in [1.54, 1.807) is 12.1 Å². The predicted octanol–water partition coefficient (Wildman–Crippen LogP) is 4.70. The van der Waals surface area contributed by atoms with E-state index >= 15 is 0 Å².